The first-order chi connectivity index (χ1) is 11.0. The van der Waals surface area contributed by atoms with E-state index < -0.39 is 0 Å². The molecule has 0 radical (unpaired) electrons. The zero-order valence-electron chi connectivity index (χ0n) is 13.9. The Morgan fingerprint density at radius 1 is 1.26 bits per heavy atom. The number of fused-ring (bicyclic) bond motifs is 1. The van der Waals surface area contributed by atoms with E-state index in [0.29, 0.717) is 30.6 Å². The van der Waals surface area contributed by atoms with Gasteiger partial charge in [0.15, 0.2) is 0 Å². The van der Waals surface area contributed by atoms with Crippen LogP contribution in [0.5, 0.6) is 0 Å². The van der Waals surface area contributed by atoms with Crippen LogP contribution in [0.1, 0.15) is 36.0 Å². The van der Waals surface area contributed by atoms with Gasteiger partial charge in [-0.3, -0.25) is 9.59 Å². The molecular formula is C16H24N4O2S. The first-order valence-electron chi connectivity index (χ1n) is 7.99. The van der Waals surface area contributed by atoms with Crippen LogP contribution in [0.25, 0.3) is 10.2 Å². The molecular weight excluding hydrogens is 312 g/mol. The third kappa shape index (κ3) is 4.62. The third-order valence-electron chi connectivity index (χ3n) is 3.73. The Morgan fingerprint density at radius 3 is 2.78 bits per heavy atom. The summed E-state index contributed by atoms with van der Waals surface area (Å²) in [4.78, 5) is 33.1. The molecule has 0 bridgehead atoms. The first kappa shape index (κ1) is 17.6. The van der Waals surface area contributed by atoms with Gasteiger partial charge in [0, 0.05) is 30.8 Å². The molecule has 6 nitrogen and oxygen atoms in total. The average Bonchev–Trinajstić information content (AvgIpc) is 2.80. The van der Waals surface area contributed by atoms with Crippen LogP contribution in [-0.4, -0.2) is 35.5 Å². The van der Waals surface area contributed by atoms with Gasteiger partial charge in [-0.05, 0) is 32.4 Å². The fraction of sp³-hybridized carbons (Fsp3) is 0.562. The van der Waals surface area contributed by atoms with Gasteiger partial charge in [0.1, 0.15) is 10.7 Å². The predicted octanol–water partition coefficient (Wildman–Crippen LogP) is 1.65. The van der Waals surface area contributed by atoms with Crippen molar-refractivity contribution < 1.29 is 4.79 Å². The van der Waals surface area contributed by atoms with Crippen LogP contribution < -0.4 is 16.2 Å². The van der Waals surface area contributed by atoms with Crippen LogP contribution in [0, 0.1) is 13.8 Å². The molecule has 2 rings (SSSR count). The normalized spacial score (nSPS) is 11.1. The number of aromatic amines is 1. The summed E-state index contributed by atoms with van der Waals surface area (Å²) in [5.74, 6) is 0.549. The molecule has 0 unspecified atom stereocenters. The van der Waals surface area contributed by atoms with E-state index in [2.05, 4.69) is 27.5 Å². The molecule has 2 aromatic rings. The summed E-state index contributed by atoms with van der Waals surface area (Å²) in [5.41, 5.74) is 0.874. The van der Waals surface area contributed by atoms with Crippen molar-refractivity contribution in [2.45, 2.75) is 40.0 Å². The SMILES string of the molecule is CCCNCCNC(=O)CCc1nc2sc(C)c(C)c2c(=O)[nH]1. The Morgan fingerprint density at radius 2 is 2.04 bits per heavy atom. The summed E-state index contributed by atoms with van der Waals surface area (Å²) in [7, 11) is 0. The molecule has 2 heterocycles. The Hall–Kier alpha value is -1.73. The molecule has 3 N–H and O–H groups in total. The molecule has 1 amide bonds. The van der Waals surface area contributed by atoms with Crippen LogP contribution in [0.3, 0.4) is 0 Å². The number of thiophene rings is 1. The summed E-state index contributed by atoms with van der Waals surface area (Å²) in [6, 6.07) is 0. The minimum atomic E-state index is -0.115. The number of nitrogens with one attached hydrogen (secondary N) is 3. The molecule has 0 aliphatic carbocycles. The number of amides is 1. The van der Waals surface area contributed by atoms with Crippen molar-refractivity contribution in [1.82, 2.24) is 20.6 Å². The quantitative estimate of drug-likeness (QED) is 0.640. The van der Waals surface area contributed by atoms with Crippen molar-refractivity contribution >= 4 is 27.5 Å². The van der Waals surface area contributed by atoms with Crippen molar-refractivity contribution in [3.05, 3.63) is 26.6 Å². The van der Waals surface area contributed by atoms with E-state index >= 15 is 0 Å². The Balaban J connectivity index is 1.90. The number of hydrogen-bond donors (Lipinski definition) is 3. The van der Waals surface area contributed by atoms with E-state index in [-0.39, 0.29) is 11.5 Å². The van der Waals surface area contributed by atoms with Crippen LogP contribution in [0.2, 0.25) is 0 Å². The summed E-state index contributed by atoms with van der Waals surface area (Å²) in [5, 5.41) is 6.75. The van der Waals surface area contributed by atoms with E-state index in [9.17, 15) is 9.59 Å². The maximum absolute atomic E-state index is 12.2. The molecule has 0 aliphatic rings. The van der Waals surface area contributed by atoms with E-state index in [4.69, 9.17) is 0 Å². The van der Waals surface area contributed by atoms with Gasteiger partial charge in [-0.2, -0.15) is 0 Å². The van der Waals surface area contributed by atoms with Crippen molar-refractivity contribution in [3.63, 3.8) is 0 Å². The zero-order chi connectivity index (χ0) is 16.8. The summed E-state index contributed by atoms with van der Waals surface area (Å²) in [6.07, 6.45) is 1.85. The topological polar surface area (TPSA) is 86.9 Å². The summed E-state index contributed by atoms with van der Waals surface area (Å²) >= 11 is 1.52. The fourth-order valence-electron chi connectivity index (χ4n) is 2.33. The maximum Gasteiger partial charge on any atom is 0.259 e. The predicted molar refractivity (Wildman–Crippen MR) is 94.2 cm³/mol. The highest BCUT2D eigenvalue weighted by Crippen LogP contribution is 2.25. The molecule has 7 heteroatoms. The standard InChI is InChI=1S/C16H24N4O2S/c1-4-7-17-8-9-18-13(21)6-5-12-19-15(22)14-10(2)11(3)23-16(14)20-12/h17H,4-9H2,1-3H3,(H,18,21)(H,19,20,22). The summed E-state index contributed by atoms with van der Waals surface area (Å²) in [6.45, 7) is 8.37. The van der Waals surface area contributed by atoms with Gasteiger partial charge < -0.3 is 15.6 Å². The molecule has 2 aromatic heterocycles. The highest BCUT2D eigenvalue weighted by atomic mass is 32.1. The second kappa shape index (κ2) is 8.21. The van der Waals surface area contributed by atoms with Crippen molar-refractivity contribution in [2.24, 2.45) is 0 Å². The van der Waals surface area contributed by atoms with Crippen molar-refractivity contribution in [1.29, 1.82) is 0 Å². The largest absolute Gasteiger partial charge is 0.355 e. The Labute approximate surface area is 139 Å². The summed E-state index contributed by atoms with van der Waals surface area (Å²) < 4.78 is 0. The number of nitrogens with zero attached hydrogens (tertiary/aromatic N) is 1. The monoisotopic (exact) mass is 336 g/mol. The lowest BCUT2D eigenvalue weighted by Gasteiger charge is -2.06. The Kier molecular flexibility index (Phi) is 6.29. The number of carbonyl (C=O) groups is 1. The number of aryl methyl sites for hydroxylation is 3. The lowest BCUT2D eigenvalue weighted by molar-refractivity contribution is -0.121. The molecule has 0 spiro atoms. The number of H-pyrrole nitrogens is 1. The fourth-order valence-corrected chi connectivity index (χ4v) is 3.38. The molecule has 0 aromatic carbocycles. The van der Waals surface area contributed by atoms with Gasteiger partial charge in [0.05, 0.1) is 5.39 Å². The van der Waals surface area contributed by atoms with E-state index in [1.54, 1.807) is 0 Å². The smallest absolute Gasteiger partial charge is 0.259 e. The lowest BCUT2D eigenvalue weighted by atomic mass is 10.2. The van der Waals surface area contributed by atoms with Crippen molar-refractivity contribution in [2.75, 3.05) is 19.6 Å². The van der Waals surface area contributed by atoms with Crippen LogP contribution in [0.4, 0.5) is 0 Å². The molecule has 0 fully saturated rings. The van der Waals surface area contributed by atoms with E-state index in [1.165, 1.54) is 11.3 Å². The van der Waals surface area contributed by atoms with Crippen LogP contribution in [0.15, 0.2) is 4.79 Å². The van der Waals surface area contributed by atoms with E-state index in [0.717, 1.165) is 34.8 Å². The van der Waals surface area contributed by atoms with Gasteiger partial charge in [-0.1, -0.05) is 6.92 Å². The average molecular weight is 336 g/mol. The molecule has 0 saturated heterocycles. The van der Waals surface area contributed by atoms with Gasteiger partial charge in [0.25, 0.3) is 5.56 Å². The van der Waals surface area contributed by atoms with E-state index in [1.807, 2.05) is 13.8 Å². The van der Waals surface area contributed by atoms with Gasteiger partial charge in [-0.25, -0.2) is 4.98 Å². The minimum Gasteiger partial charge on any atom is -0.355 e. The van der Waals surface area contributed by atoms with Gasteiger partial charge in [0.2, 0.25) is 5.91 Å². The highest BCUT2D eigenvalue weighted by Gasteiger charge is 2.12. The zero-order valence-corrected chi connectivity index (χ0v) is 14.7. The Bertz CT molecular complexity index is 735. The number of rotatable bonds is 8. The first-order valence-corrected chi connectivity index (χ1v) is 8.81. The van der Waals surface area contributed by atoms with Crippen molar-refractivity contribution in [3.8, 4) is 0 Å². The second-order valence-corrected chi connectivity index (χ2v) is 6.78. The van der Waals surface area contributed by atoms with Gasteiger partial charge >= 0.3 is 0 Å². The maximum atomic E-state index is 12.2. The number of aromatic nitrogens is 2. The van der Waals surface area contributed by atoms with Gasteiger partial charge in [-0.15, -0.1) is 11.3 Å². The minimum absolute atomic E-state index is 0.0235. The molecule has 0 saturated carbocycles. The second-order valence-electron chi connectivity index (χ2n) is 5.58. The molecule has 23 heavy (non-hydrogen) atoms. The van der Waals surface area contributed by atoms with Crippen LogP contribution in [-0.2, 0) is 11.2 Å². The molecule has 0 atom stereocenters. The number of hydrogen-bond acceptors (Lipinski definition) is 5. The van der Waals surface area contributed by atoms with Crippen LogP contribution >= 0.6 is 11.3 Å². The molecule has 126 valence electrons. The third-order valence-corrected chi connectivity index (χ3v) is 4.83. The lowest BCUT2D eigenvalue weighted by Crippen LogP contribution is -2.32. The number of carbonyl (C=O) groups excluding carboxylic acids is 1. The highest BCUT2D eigenvalue weighted by molar-refractivity contribution is 7.18. The molecule has 0 aliphatic heterocycles.